The number of hydrogen-bond acceptors (Lipinski definition) is 5. The summed E-state index contributed by atoms with van der Waals surface area (Å²) in [6.45, 7) is 2.92. The molecule has 1 atom stereocenters. The van der Waals surface area contributed by atoms with Crippen LogP contribution in [0, 0.1) is 0 Å². The molecule has 0 saturated carbocycles. The minimum atomic E-state index is -3.12. The quantitative estimate of drug-likeness (QED) is 0.890. The van der Waals surface area contributed by atoms with Crippen LogP contribution in [0.2, 0.25) is 0 Å². The minimum absolute atomic E-state index is 0.184. The molecule has 0 saturated heterocycles. The molecular weight excluding hydrogens is 292 g/mol. The molecule has 1 aromatic carbocycles. The number of nitrogens with one attached hydrogen (secondary N) is 1. The molecule has 0 amide bonds. The summed E-state index contributed by atoms with van der Waals surface area (Å²) in [6, 6.07) is 7.21. The van der Waals surface area contributed by atoms with Crippen molar-refractivity contribution in [2.75, 3.05) is 12.8 Å². The molecule has 0 radical (unpaired) electrons. The van der Waals surface area contributed by atoms with E-state index in [0.29, 0.717) is 4.90 Å². The number of sulfone groups is 1. The SMILES string of the molecule is CC(NCCc1nccs1)c1ccc(S(C)(=O)=O)cc1. The van der Waals surface area contributed by atoms with Crippen LogP contribution < -0.4 is 5.32 Å². The molecule has 2 rings (SSSR count). The summed E-state index contributed by atoms with van der Waals surface area (Å²) in [5.74, 6) is 0. The summed E-state index contributed by atoms with van der Waals surface area (Å²) in [7, 11) is -3.12. The van der Waals surface area contributed by atoms with Crippen LogP contribution in [-0.2, 0) is 16.3 Å². The predicted octanol–water partition coefficient (Wildman–Crippen LogP) is 2.44. The summed E-state index contributed by atoms with van der Waals surface area (Å²) >= 11 is 1.66. The van der Waals surface area contributed by atoms with Gasteiger partial charge < -0.3 is 5.32 Å². The zero-order valence-corrected chi connectivity index (χ0v) is 13.2. The highest BCUT2D eigenvalue weighted by Crippen LogP contribution is 2.16. The van der Waals surface area contributed by atoms with Crippen LogP contribution in [0.4, 0.5) is 0 Å². The van der Waals surface area contributed by atoms with Crippen LogP contribution in [-0.4, -0.2) is 26.2 Å². The Morgan fingerprint density at radius 3 is 2.55 bits per heavy atom. The number of hydrogen-bond donors (Lipinski definition) is 1. The van der Waals surface area contributed by atoms with Crippen molar-refractivity contribution in [3.8, 4) is 0 Å². The van der Waals surface area contributed by atoms with Crippen molar-refractivity contribution in [3.05, 3.63) is 46.4 Å². The Morgan fingerprint density at radius 1 is 1.30 bits per heavy atom. The zero-order chi connectivity index (χ0) is 14.6. The lowest BCUT2D eigenvalue weighted by Crippen LogP contribution is -2.21. The molecule has 6 heteroatoms. The van der Waals surface area contributed by atoms with Gasteiger partial charge in [-0.25, -0.2) is 13.4 Å². The monoisotopic (exact) mass is 310 g/mol. The van der Waals surface area contributed by atoms with Gasteiger partial charge >= 0.3 is 0 Å². The first kappa shape index (κ1) is 15.2. The molecule has 0 aliphatic carbocycles. The predicted molar refractivity (Wildman–Crippen MR) is 81.8 cm³/mol. The summed E-state index contributed by atoms with van der Waals surface area (Å²) in [4.78, 5) is 4.59. The Hall–Kier alpha value is -1.24. The molecule has 0 aliphatic heterocycles. The lowest BCUT2D eigenvalue weighted by molar-refractivity contribution is 0.575. The van der Waals surface area contributed by atoms with E-state index in [-0.39, 0.29) is 6.04 Å². The van der Waals surface area contributed by atoms with Crippen LogP contribution in [0.15, 0.2) is 40.7 Å². The number of thiazole rings is 1. The number of nitrogens with zero attached hydrogens (tertiary/aromatic N) is 1. The molecule has 108 valence electrons. The van der Waals surface area contributed by atoms with E-state index in [4.69, 9.17) is 0 Å². The highest BCUT2D eigenvalue weighted by molar-refractivity contribution is 7.90. The second kappa shape index (κ2) is 6.47. The van der Waals surface area contributed by atoms with Crippen molar-refractivity contribution >= 4 is 21.2 Å². The van der Waals surface area contributed by atoms with Gasteiger partial charge in [-0.1, -0.05) is 12.1 Å². The van der Waals surface area contributed by atoms with Crippen molar-refractivity contribution in [3.63, 3.8) is 0 Å². The van der Waals surface area contributed by atoms with E-state index in [1.807, 2.05) is 23.7 Å². The number of aromatic nitrogens is 1. The van der Waals surface area contributed by atoms with Gasteiger partial charge in [0, 0.05) is 36.8 Å². The summed E-state index contributed by atoms with van der Waals surface area (Å²) < 4.78 is 22.8. The third-order valence-corrected chi connectivity index (χ3v) is 5.05. The average Bonchev–Trinajstić information content (AvgIpc) is 2.91. The van der Waals surface area contributed by atoms with Gasteiger partial charge in [0.2, 0.25) is 0 Å². The van der Waals surface area contributed by atoms with Crippen molar-refractivity contribution in [2.45, 2.75) is 24.3 Å². The number of benzene rings is 1. The average molecular weight is 310 g/mol. The second-order valence-electron chi connectivity index (χ2n) is 4.69. The lowest BCUT2D eigenvalue weighted by atomic mass is 10.1. The Morgan fingerprint density at radius 2 is 2.00 bits per heavy atom. The van der Waals surface area contributed by atoms with Crippen LogP contribution in [0.5, 0.6) is 0 Å². The number of rotatable bonds is 6. The fraction of sp³-hybridized carbons (Fsp3) is 0.357. The minimum Gasteiger partial charge on any atom is -0.310 e. The van der Waals surface area contributed by atoms with E-state index in [2.05, 4.69) is 17.2 Å². The molecule has 0 bridgehead atoms. The zero-order valence-electron chi connectivity index (χ0n) is 11.5. The van der Waals surface area contributed by atoms with Crippen LogP contribution in [0.25, 0.3) is 0 Å². The van der Waals surface area contributed by atoms with Crippen LogP contribution in [0.3, 0.4) is 0 Å². The second-order valence-corrected chi connectivity index (χ2v) is 7.69. The maximum Gasteiger partial charge on any atom is 0.175 e. The van der Waals surface area contributed by atoms with E-state index >= 15 is 0 Å². The fourth-order valence-electron chi connectivity index (χ4n) is 1.89. The molecule has 1 N–H and O–H groups in total. The molecule has 0 aliphatic rings. The van der Waals surface area contributed by atoms with E-state index in [1.165, 1.54) is 6.26 Å². The van der Waals surface area contributed by atoms with Crippen molar-refractivity contribution in [1.82, 2.24) is 10.3 Å². The maximum atomic E-state index is 11.4. The maximum absolute atomic E-state index is 11.4. The van der Waals surface area contributed by atoms with Gasteiger partial charge in [0.25, 0.3) is 0 Å². The van der Waals surface area contributed by atoms with Gasteiger partial charge in [-0.05, 0) is 24.6 Å². The van der Waals surface area contributed by atoms with Gasteiger partial charge in [0.1, 0.15) is 0 Å². The molecule has 20 heavy (non-hydrogen) atoms. The van der Waals surface area contributed by atoms with E-state index in [0.717, 1.165) is 23.5 Å². The van der Waals surface area contributed by atoms with Gasteiger partial charge in [0.05, 0.1) is 9.90 Å². The molecule has 1 unspecified atom stereocenters. The molecule has 4 nitrogen and oxygen atoms in total. The van der Waals surface area contributed by atoms with E-state index in [9.17, 15) is 8.42 Å². The summed E-state index contributed by atoms with van der Waals surface area (Å²) in [6.07, 6.45) is 3.94. The molecule has 1 aromatic heterocycles. The Labute approximate surface area is 123 Å². The summed E-state index contributed by atoms with van der Waals surface area (Å²) in [5, 5.41) is 6.51. The van der Waals surface area contributed by atoms with Crippen molar-refractivity contribution in [2.24, 2.45) is 0 Å². The third-order valence-electron chi connectivity index (χ3n) is 3.08. The molecule has 1 heterocycles. The first-order chi connectivity index (χ1) is 9.47. The highest BCUT2D eigenvalue weighted by Gasteiger charge is 2.09. The van der Waals surface area contributed by atoms with Gasteiger partial charge in [-0.3, -0.25) is 0 Å². The third kappa shape index (κ3) is 4.13. The van der Waals surface area contributed by atoms with Gasteiger partial charge in [-0.2, -0.15) is 0 Å². The first-order valence-electron chi connectivity index (χ1n) is 6.38. The van der Waals surface area contributed by atoms with Gasteiger partial charge in [-0.15, -0.1) is 11.3 Å². The first-order valence-corrected chi connectivity index (χ1v) is 9.15. The van der Waals surface area contributed by atoms with Crippen LogP contribution in [0.1, 0.15) is 23.5 Å². The largest absolute Gasteiger partial charge is 0.310 e. The van der Waals surface area contributed by atoms with E-state index in [1.54, 1.807) is 23.5 Å². The molecule has 0 fully saturated rings. The Balaban J connectivity index is 1.90. The standard InChI is InChI=1S/C14H18N2O2S2/c1-11(15-8-7-14-16-9-10-19-14)12-3-5-13(6-4-12)20(2,17)18/h3-6,9-11,15H,7-8H2,1-2H3. The smallest absolute Gasteiger partial charge is 0.175 e. The molecule has 0 spiro atoms. The topological polar surface area (TPSA) is 59.1 Å². The summed E-state index contributed by atoms with van der Waals surface area (Å²) in [5.41, 5.74) is 1.08. The lowest BCUT2D eigenvalue weighted by Gasteiger charge is -2.14. The Kier molecular flexibility index (Phi) is 4.91. The highest BCUT2D eigenvalue weighted by atomic mass is 32.2. The van der Waals surface area contributed by atoms with Crippen molar-refractivity contribution in [1.29, 1.82) is 0 Å². The Bertz CT molecular complexity index is 634. The van der Waals surface area contributed by atoms with Gasteiger partial charge in [0.15, 0.2) is 9.84 Å². The van der Waals surface area contributed by atoms with Crippen LogP contribution >= 0.6 is 11.3 Å². The fourth-order valence-corrected chi connectivity index (χ4v) is 3.14. The normalized spacial score (nSPS) is 13.3. The molecular formula is C14H18N2O2S2. The van der Waals surface area contributed by atoms with Crippen molar-refractivity contribution < 1.29 is 8.42 Å². The molecule has 2 aromatic rings. The van der Waals surface area contributed by atoms with E-state index < -0.39 is 9.84 Å².